The molecular formula is C30H32FN5O. The number of aromatic nitrogens is 1. The highest BCUT2D eigenvalue weighted by Crippen LogP contribution is 2.27. The van der Waals surface area contributed by atoms with E-state index in [2.05, 4.69) is 44.2 Å². The van der Waals surface area contributed by atoms with Crippen LogP contribution in [-0.4, -0.2) is 57.2 Å². The predicted octanol–water partition coefficient (Wildman–Crippen LogP) is 4.96. The van der Waals surface area contributed by atoms with Gasteiger partial charge in [0.05, 0.1) is 0 Å². The summed E-state index contributed by atoms with van der Waals surface area (Å²) in [5, 5.41) is 5.11. The summed E-state index contributed by atoms with van der Waals surface area (Å²) in [6.07, 6.45) is 2.68. The normalized spacial score (nSPS) is 13.6. The number of carbonyl (C=O) groups excluding carboxylic acids is 1. The number of rotatable bonds is 8. The summed E-state index contributed by atoms with van der Waals surface area (Å²) in [7, 11) is 2.06. The summed E-state index contributed by atoms with van der Waals surface area (Å²) >= 11 is 0. The maximum Gasteiger partial charge on any atom is 0.251 e. The molecule has 4 aromatic rings. The largest absolute Gasteiger partial charge is 0.375 e. The third-order valence-corrected chi connectivity index (χ3v) is 6.93. The number of hydrogen-bond donors (Lipinski definition) is 1. The summed E-state index contributed by atoms with van der Waals surface area (Å²) < 4.78 is 13.3. The number of hydrogen-bond acceptors (Lipinski definition) is 5. The van der Waals surface area contributed by atoms with Gasteiger partial charge in [0.15, 0.2) is 0 Å². The smallest absolute Gasteiger partial charge is 0.251 e. The van der Waals surface area contributed by atoms with Crippen molar-refractivity contribution in [3.05, 3.63) is 96.4 Å². The van der Waals surface area contributed by atoms with Crippen molar-refractivity contribution in [1.82, 2.24) is 10.3 Å². The van der Waals surface area contributed by atoms with E-state index < -0.39 is 0 Å². The van der Waals surface area contributed by atoms with Crippen LogP contribution in [0.5, 0.6) is 0 Å². The quantitative estimate of drug-likeness (QED) is 0.349. The third kappa shape index (κ3) is 5.82. The van der Waals surface area contributed by atoms with E-state index in [1.54, 1.807) is 0 Å². The summed E-state index contributed by atoms with van der Waals surface area (Å²) in [5.41, 5.74) is 2.84. The van der Waals surface area contributed by atoms with Crippen LogP contribution >= 0.6 is 0 Å². The number of benzene rings is 3. The summed E-state index contributed by atoms with van der Waals surface area (Å²) in [6, 6.07) is 24.7. The molecule has 37 heavy (non-hydrogen) atoms. The van der Waals surface area contributed by atoms with E-state index in [9.17, 15) is 9.18 Å². The highest BCUT2D eigenvalue weighted by Gasteiger charge is 2.20. The van der Waals surface area contributed by atoms with Crippen LogP contribution < -0.4 is 20.0 Å². The zero-order valence-corrected chi connectivity index (χ0v) is 21.1. The number of nitrogens with one attached hydrogen (secondary N) is 1. The van der Waals surface area contributed by atoms with Crippen LogP contribution in [0.25, 0.3) is 10.8 Å². The second kappa shape index (κ2) is 11.3. The molecule has 1 saturated heterocycles. The SMILES string of the molecule is CN(CCCNC(=O)c1ccc2ccnc(N3CCN(c4ccc(F)cc4)CC3)c2c1)c1ccccc1. The highest BCUT2D eigenvalue weighted by atomic mass is 19.1. The first-order valence-corrected chi connectivity index (χ1v) is 12.8. The van der Waals surface area contributed by atoms with Gasteiger partial charge in [-0.25, -0.2) is 9.37 Å². The van der Waals surface area contributed by atoms with Gasteiger partial charge in [0, 0.05) is 74.8 Å². The lowest BCUT2D eigenvalue weighted by atomic mass is 10.1. The maximum atomic E-state index is 13.3. The van der Waals surface area contributed by atoms with Gasteiger partial charge in [-0.3, -0.25) is 4.79 Å². The molecule has 3 aromatic carbocycles. The molecule has 0 aliphatic carbocycles. The molecule has 2 heterocycles. The van der Waals surface area contributed by atoms with Crippen LogP contribution in [-0.2, 0) is 0 Å². The van der Waals surface area contributed by atoms with Gasteiger partial charge >= 0.3 is 0 Å². The lowest BCUT2D eigenvalue weighted by molar-refractivity contribution is 0.0953. The standard InChI is InChI=1S/C30H32FN5O/c1-34(26-6-3-2-4-7-26)17-5-15-33-30(37)24-9-8-23-14-16-32-29(28(23)22-24)36-20-18-35(19-21-36)27-12-10-25(31)11-13-27/h2-4,6-14,16,22H,5,15,17-21H2,1H3,(H,33,37). The van der Waals surface area contributed by atoms with E-state index in [0.29, 0.717) is 12.1 Å². The number of fused-ring (bicyclic) bond motifs is 1. The average molecular weight is 498 g/mol. The number of amides is 1. The Morgan fingerprint density at radius 2 is 1.68 bits per heavy atom. The Bertz CT molecular complexity index is 1340. The minimum atomic E-state index is -0.221. The van der Waals surface area contributed by atoms with Gasteiger partial charge in [-0.15, -0.1) is 0 Å². The van der Waals surface area contributed by atoms with Gasteiger partial charge in [0.2, 0.25) is 0 Å². The Morgan fingerprint density at radius 1 is 0.946 bits per heavy atom. The molecule has 1 amide bonds. The molecule has 0 radical (unpaired) electrons. The molecule has 0 spiro atoms. The number of carbonyl (C=O) groups is 1. The summed E-state index contributed by atoms with van der Waals surface area (Å²) in [6.45, 7) is 4.71. The van der Waals surface area contributed by atoms with Gasteiger partial charge in [0.25, 0.3) is 5.91 Å². The van der Waals surface area contributed by atoms with Crippen molar-refractivity contribution in [1.29, 1.82) is 0 Å². The molecule has 0 unspecified atom stereocenters. The van der Waals surface area contributed by atoms with Crippen LogP contribution in [0.15, 0.2) is 85.1 Å². The van der Waals surface area contributed by atoms with Gasteiger partial charge in [-0.05, 0) is 66.4 Å². The lowest BCUT2D eigenvalue weighted by Gasteiger charge is -2.37. The molecule has 7 heteroatoms. The molecule has 0 bridgehead atoms. The summed E-state index contributed by atoms with van der Waals surface area (Å²) in [4.78, 5) is 24.3. The fourth-order valence-electron chi connectivity index (χ4n) is 4.81. The topological polar surface area (TPSA) is 51.7 Å². The Morgan fingerprint density at radius 3 is 2.43 bits per heavy atom. The van der Waals surface area contributed by atoms with Gasteiger partial charge < -0.3 is 20.0 Å². The van der Waals surface area contributed by atoms with Crippen LogP contribution in [0.4, 0.5) is 21.6 Å². The van der Waals surface area contributed by atoms with E-state index in [1.165, 1.54) is 17.8 Å². The van der Waals surface area contributed by atoms with Crippen molar-refractivity contribution in [2.24, 2.45) is 0 Å². The van der Waals surface area contributed by atoms with E-state index in [0.717, 1.165) is 61.4 Å². The van der Waals surface area contributed by atoms with Gasteiger partial charge in [-0.2, -0.15) is 0 Å². The zero-order valence-electron chi connectivity index (χ0n) is 21.1. The number of halogens is 1. The first-order chi connectivity index (χ1) is 18.1. The fraction of sp³-hybridized carbons (Fsp3) is 0.267. The monoisotopic (exact) mass is 497 g/mol. The second-order valence-electron chi connectivity index (χ2n) is 9.39. The minimum Gasteiger partial charge on any atom is -0.375 e. The molecule has 5 rings (SSSR count). The van der Waals surface area contributed by atoms with Crippen molar-refractivity contribution >= 4 is 33.9 Å². The first-order valence-electron chi connectivity index (χ1n) is 12.8. The number of para-hydroxylation sites is 1. The van der Waals surface area contributed by atoms with Crippen molar-refractivity contribution in [3.63, 3.8) is 0 Å². The minimum absolute atomic E-state index is 0.0693. The second-order valence-corrected chi connectivity index (χ2v) is 9.39. The highest BCUT2D eigenvalue weighted by molar-refractivity contribution is 6.01. The van der Waals surface area contributed by atoms with Crippen LogP contribution in [0.1, 0.15) is 16.8 Å². The van der Waals surface area contributed by atoms with Crippen molar-refractivity contribution in [2.45, 2.75) is 6.42 Å². The van der Waals surface area contributed by atoms with Crippen LogP contribution in [0, 0.1) is 5.82 Å². The molecule has 1 aliphatic heterocycles. The maximum absolute atomic E-state index is 13.3. The molecule has 0 saturated carbocycles. The lowest BCUT2D eigenvalue weighted by Crippen LogP contribution is -2.46. The molecule has 1 fully saturated rings. The Kier molecular flexibility index (Phi) is 7.49. The Balaban J connectivity index is 1.21. The molecule has 190 valence electrons. The molecule has 0 atom stereocenters. The molecule has 1 aromatic heterocycles. The van der Waals surface area contributed by atoms with Crippen molar-refractivity contribution < 1.29 is 9.18 Å². The van der Waals surface area contributed by atoms with E-state index >= 15 is 0 Å². The molecule has 6 nitrogen and oxygen atoms in total. The third-order valence-electron chi connectivity index (χ3n) is 6.93. The number of piperazine rings is 1. The van der Waals surface area contributed by atoms with Crippen LogP contribution in [0.3, 0.4) is 0 Å². The van der Waals surface area contributed by atoms with E-state index in [4.69, 9.17) is 0 Å². The number of pyridine rings is 1. The average Bonchev–Trinajstić information content (AvgIpc) is 2.95. The predicted molar refractivity (Wildman–Crippen MR) is 149 cm³/mol. The van der Waals surface area contributed by atoms with Crippen molar-refractivity contribution in [3.8, 4) is 0 Å². The number of anilines is 3. The fourth-order valence-corrected chi connectivity index (χ4v) is 4.81. The van der Waals surface area contributed by atoms with Gasteiger partial charge in [-0.1, -0.05) is 24.3 Å². The van der Waals surface area contributed by atoms with Gasteiger partial charge in [0.1, 0.15) is 11.6 Å². The summed E-state index contributed by atoms with van der Waals surface area (Å²) in [5.74, 6) is 0.609. The Hall–Kier alpha value is -4.13. The van der Waals surface area contributed by atoms with Crippen molar-refractivity contribution in [2.75, 3.05) is 61.0 Å². The Labute approximate surface area is 217 Å². The molecule has 1 N–H and O–H groups in total. The van der Waals surface area contributed by atoms with E-state index in [-0.39, 0.29) is 11.7 Å². The zero-order chi connectivity index (χ0) is 25.6. The first kappa shape index (κ1) is 24.6. The van der Waals surface area contributed by atoms with E-state index in [1.807, 2.05) is 60.8 Å². The van der Waals surface area contributed by atoms with Crippen LogP contribution in [0.2, 0.25) is 0 Å². The number of nitrogens with zero attached hydrogens (tertiary/aromatic N) is 4. The molecular weight excluding hydrogens is 465 g/mol. The molecule has 1 aliphatic rings.